The minimum absolute atomic E-state index is 0.0175. The first kappa shape index (κ1) is 18.7. The molecule has 0 bridgehead atoms. The van der Waals surface area contributed by atoms with E-state index in [0.29, 0.717) is 5.56 Å². The van der Waals surface area contributed by atoms with Gasteiger partial charge in [-0.3, -0.25) is 4.79 Å². The lowest BCUT2D eigenvalue weighted by molar-refractivity contribution is -0.137. The molecule has 2 aromatic rings. The van der Waals surface area contributed by atoms with Gasteiger partial charge in [-0.15, -0.1) is 0 Å². The first-order chi connectivity index (χ1) is 12.2. The van der Waals surface area contributed by atoms with Crippen LogP contribution in [0.2, 0.25) is 0 Å². The Kier molecular flexibility index (Phi) is 5.23. The van der Waals surface area contributed by atoms with E-state index < -0.39 is 17.0 Å². The van der Waals surface area contributed by atoms with E-state index in [1.54, 1.807) is 6.07 Å². The predicted molar refractivity (Wildman–Crippen MR) is 98.6 cm³/mol. The van der Waals surface area contributed by atoms with Crippen LogP contribution in [-0.2, 0) is 17.4 Å². The normalized spacial score (nSPS) is 18.7. The molecular weight excluding hydrogens is 359 g/mol. The summed E-state index contributed by atoms with van der Waals surface area (Å²) in [4.78, 5) is 16.4. The number of rotatable bonds is 4. The molecule has 0 spiro atoms. The molecule has 0 N–H and O–H groups in total. The van der Waals surface area contributed by atoms with Gasteiger partial charge in [0.05, 0.1) is 15.9 Å². The van der Waals surface area contributed by atoms with Crippen molar-refractivity contribution in [2.24, 2.45) is 4.99 Å². The molecule has 1 aliphatic rings. The number of halogens is 3. The average molecular weight is 377 g/mol. The van der Waals surface area contributed by atoms with E-state index in [1.165, 1.54) is 17.8 Å². The highest BCUT2D eigenvalue weighted by Crippen LogP contribution is 2.35. The highest BCUT2D eigenvalue weighted by molar-refractivity contribution is 8.15. The van der Waals surface area contributed by atoms with Gasteiger partial charge in [-0.25, -0.2) is 4.99 Å². The number of carbonyl (C=O) groups excluding carboxylic acids is 1. The second kappa shape index (κ2) is 7.27. The SMILES string of the molecule is Cc1ccc(C(C)C2=NC(=O)C(Cc3cccc(C(F)(F)F)c3)S2)cc1. The van der Waals surface area contributed by atoms with E-state index in [0.717, 1.165) is 28.3 Å². The Balaban J connectivity index is 1.71. The third-order valence-corrected chi connectivity index (χ3v) is 5.72. The number of thioether (sulfide) groups is 1. The number of benzene rings is 2. The molecule has 1 heterocycles. The van der Waals surface area contributed by atoms with Crippen LogP contribution in [-0.4, -0.2) is 16.2 Å². The molecule has 136 valence electrons. The van der Waals surface area contributed by atoms with Gasteiger partial charge < -0.3 is 0 Å². The van der Waals surface area contributed by atoms with E-state index in [1.807, 2.05) is 38.1 Å². The Morgan fingerprint density at radius 2 is 1.85 bits per heavy atom. The molecule has 0 saturated carbocycles. The maximum absolute atomic E-state index is 12.8. The standard InChI is InChI=1S/C20H18F3NOS/c1-12-6-8-15(9-7-12)13(2)19-24-18(25)17(26-19)11-14-4-3-5-16(10-14)20(21,22)23/h3-10,13,17H,11H2,1-2H3. The molecule has 0 saturated heterocycles. The van der Waals surface area contributed by atoms with Gasteiger partial charge in [-0.2, -0.15) is 13.2 Å². The van der Waals surface area contributed by atoms with Crippen LogP contribution in [0, 0.1) is 6.92 Å². The number of nitrogens with zero attached hydrogens (tertiary/aromatic N) is 1. The van der Waals surface area contributed by atoms with E-state index in [4.69, 9.17) is 0 Å². The van der Waals surface area contributed by atoms with Crippen molar-refractivity contribution in [3.8, 4) is 0 Å². The van der Waals surface area contributed by atoms with Crippen LogP contribution in [0.15, 0.2) is 53.5 Å². The maximum atomic E-state index is 12.8. The smallest absolute Gasteiger partial charge is 0.271 e. The monoisotopic (exact) mass is 377 g/mol. The lowest BCUT2D eigenvalue weighted by Gasteiger charge is -2.13. The van der Waals surface area contributed by atoms with Crippen LogP contribution >= 0.6 is 11.8 Å². The number of amides is 1. The third-order valence-electron chi connectivity index (χ3n) is 4.38. The summed E-state index contributed by atoms with van der Waals surface area (Å²) in [6.45, 7) is 3.99. The lowest BCUT2D eigenvalue weighted by atomic mass is 10.0. The summed E-state index contributed by atoms with van der Waals surface area (Å²) < 4.78 is 38.5. The molecule has 0 aromatic heterocycles. The van der Waals surface area contributed by atoms with Crippen LogP contribution in [0.4, 0.5) is 13.2 Å². The largest absolute Gasteiger partial charge is 0.416 e. The fourth-order valence-corrected chi connectivity index (χ4v) is 4.02. The maximum Gasteiger partial charge on any atom is 0.416 e. The highest BCUT2D eigenvalue weighted by atomic mass is 32.2. The summed E-state index contributed by atoms with van der Waals surface area (Å²) in [6.07, 6.45) is -4.15. The number of aliphatic imine (C=N–C) groups is 1. The van der Waals surface area contributed by atoms with Gasteiger partial charge >= 0.3 is 6.18 Å². The first-order valence-electron chi connectivity index (χ1n) is 8.26. The van der Waals surface area contributed by atoms with Crippen LogP contribution in [0.3, 0.4) is 0 Å². The Bertz CT molecular complexity index is 843. The molecule has 6 heteroatoms. The summed E-state index contributed by atoms with van der Waals surface area (Å²) in [6, 6.07) is 13.2. The topological polar surface area (TPSA) is 29.4 Å². The summed E-state index contributed by atoms with van der Waals surface area (Å²) >= 11 is 1.35. The fourth-order valence-electron chi connectivity index (χ4n) is 2.82. The van der Waals surface area contributed by atoms with Gasteiger partial charge in [0.1, 0.15) is 0 Å². The fraction of sp³-hybridized carbons (Fsp3) is 0.300. The highest BCUT2D eigenvalue weighted by Gasteiger charge is 2.33. The zero-order chi connectivity index (χ0) is 18.9. The molecule has 2 atom stereocenters. The van der Waals surface area contributed by atoms with Gasteiger partial charge in [-0.1, -0.05) is 66.7 Å². The molecule has 3 rings (SSSR count). The van der Waals surface area contributed by atoms with Crippen LogP contribution in [0.25, 0.3) is 0 Å². The average Bonchev–Trinajstić information content (AvgIpc) is 2.95. The molecule has 0 fully saturated rings. The Morgan fingerprint density at radius 3 is 2.50 bits per heavy atom. The van der Waals surface area contributed by atoms with Crippen LogP contribution < -0.4 is 0 Å². The Hall–Kier alpha value is -2.08. The van der Waals surface area contributed by atoms with Gasteiger partial charge in [0, 0.05) is 5.92 Å². The van der Waals surface area contributed by atoms with Crippen molar-refractivity contribution >= 4 is 22.7 Å². The molecule has 26 heavy (non-hydrogen) atoms. The number of hydrogen-bond donors (Lipinski definition) is 0. The minimum Gasteiger partial charge on any atom is -0.271 e. The summed E-state index contributed by atoms with van der Waals surface area (Å²) in [5.41, 5.74) is 2.01. The molecule has 1 aliphatic heterocycles. The number of aryl methyl sites for hydroxylation is 1. The third kappa shape index (κ3) is 4.18. The summed E-state index contributed by atoms with van der Waals surface area (Å²) in [5, 5.41) is 0.247. The van der Waals surface area contributed by atoms with E-state index >= 15 is 0 Å². The Morgan fingerprint density at radius 1 is 1.15 bits per heavy atom. The van der Waals surface area contributed by atoms with E-state index in [-0.39, 0.29) is 18.2 Å². The summed E-state index contributed by atoms with van der Waals surface area (Å²) in [5.74, 6) is -0.294. The molecule has 1 amide bonds. The molecule has 2 nitrogen and oxygen atoms in total. The first-order valence-corrected chi connectivity index (χ1v) is 9.14. The number of hydrogen-bond acceptors (Lipinski definition) is 2. The van der Waals surface area contributed by atoms with Crippen LogP contribution in [0.1, 0.15) is 35.1 Å². The van der Waals surface area contributed by atoms with Crippen molar-refractivity contribution in [3.63, 3.8) is 0 Å². The van der Waals surface area contributed by atoms with Crippen molar-refractivity contribution in [1.82, 2.24) is 0 Å². The minimum atomic E-state index is -4.38. The van der Waals surface area contributed by atoms with Crippen LogP contribution in [0.5, 0.6) is 0 Å². The zero-order valence-electron chi connectivity index (χ0n) is 14.4. The Labute approximate surface area is 154 Å². The second-order valence-electron chi connectivity index (χ2n) is 6.43. The molecule has 0 aliphatic carbocycles. The van der Waals surface area contributed by atoms with E-state index in [2.05, 4.69) is 4.99 Å². The number of alkyl halides is 3. The van der Waals surface area contributed by atoms with Crippen molar-refractivity contribution in [2.45, 2.75) is 37.6 Å². The molecule has 2 aromatic carbocycles. The van der Waals surface area contributed by atoms with Gasteiger partial charge in [0.15, 0.2) is 0 Å². The number of carbonyl (C=O) groups is 1. The lowest BCUT2D eigenvalue weighted by Crippen LogP contribution is -2.15. The summed E-state index contributed by atoms with van der Waals surface area (Å²) in [7, 11) is 0. The predicted octanol–water partition coefficient (Wildman–Crippen LogP) is 5.40. The quantitative estimate of drug-likeness (QED) is 0.714. The zero-order valence-corrected chi connectivity index (χ0v) is 15.2. The second-order valence-corrected chi connectivity index (χ2v) is 7.65. The van der Waals surface area contributed by atoms with Crippen molar-refractivity contribution in [2.75, 3.05) is 0 Å². The van der Waals surface area contributed by atoms with Crippen molar-refractivity contribution in [1.29, 1.82) is 0 Å². The van der Waals surface area contributed by atoms with Gasteiger partial charge in [-0.05, 0) is 30.5 Å². The van der Waals surface area contributed by atoms with Gasteiger partial charge in [0.25, 0.3) is 5.91 Å². The van der Waals surface area contributed by atoms with E-state index in [9.17, 15) is 18.0 Å². The molecule has 0 radical (unpaired) electrons. The molecule has 2 unspecified atom stereocenters. The molecular formula is C20H18F3NOS. The van der Waals surface area contributed by atoms with Gasteiger partial charge in [0.2, 0.25) is 0 Å². The van der Waals surface area contributed by atoms with Crippen molar-refractivity contribution in [3.05, 3.63) is 70.8 Å². The van der Waals surface area contributed by atoms with Crippen molar-refractivity contribution < 1.29 is 18.0 Å².